The number of hydrogen-bond acceptors (Lipinski definition) is 9. The van der Waals surface area contributed by atoms with E-state index in [0.717, 1.165) is 11.3 Å². The number of aryl methyl sites for hydroxylation is 1. The summed E-state index contributed by atoms with van der Waals surface area (Å²) in [5.74, 6) is 2.31. The third kappa shape index (κ3) is 3.85. The first kappa shape index (κ1) is 19.5. The van der Waals surface area contributed by atoms with Gasteiger partial charge in [-0.1, -0.05) is 0 Å². The highest BCUT2D eigenvalue weighted by molar-refractivity contribution is 5.75. The number of nitrogens with zero attached hydrogens (tertiary/aromatic N) is 7. The number of aliphatic hydroxyl groups is 1. The molecule has 3 aromatic heterocycles. The third-order valence-electron chi connectivity index (χ3n) is 4.52. The second-order valence-corrected chi connectivity index (χ2v) is 6.50. The van der Waals surface area contributed by atoms with Gasteiger partial charge in [0.25, 0.3) is 0 Å². The van der Waals surface area contributed by atoms with Crippen molar-refractivity contribution in [3.8, 4) is 22.9 Å². The van der Waals surface area contributed by atoms with E-state index in [4.69, 9.17) is 9.47 Å². The van der Waals surface area contributed by atoms with Crippen LogP contribution in [0.2, 0.25) is 0 Å². The van der Waals surface area contributed by atoms with Gasteiger partial charge in [-0.15, -0.1) is 10.2 Å². The third-order valence-corrected chi connectivity index (χ3v) is 4.52. The largest absolute Gasteiger partial charge is 0.497 e. The minimum atomic E-state index is -0.0673. The maximum atomic E-state index is 9.64. The summed E-state index contributed by atoms with van der Waals surface area (Å²) in [5.41, 5.74) is 2.53. The lowest BCUT2D eigenvalue weighted by atomic mass is 10.2. The fourth-order valence-electron chi connectivity index (χ4n) is 3.05. The van der Waals surface area contributed by atoms with E-state index in [-0.39, 0.29) is 6.61 Å². The molecule has 0 saturated heterocycles. The number of fused-ring (bicyclic) bond motifs is 1. The summed E-state index contributed by atoms with van der Waals surface area (Å²) in [6.07, 6.45) is 3.49. The summed E-state index contributed by atoms with van der Waals surface area (Å²) in [7, 11) is 5.00. The average molecular weight is 407 g/mol. The molecule has 4 rings (SSSR count). The molecular weight excluding hydrogens is 386 g/mol. The minimum absolute atomic E-state index is 0.0673. The van der Waals surface area contributed by atoms with E-state index in [2.05, 4.69) is 25.3 Å². The molecule has 10 nitrogen and oxygen atoms in total. The number of pyridine rings is 1. The zero-order chi connectivity index (χ0) is 21.1. The van der Waals surface area contributed by atoms with Crippen LogP contribution < -0.4 is 14.4 Å². The number of ether oxygens (including phenoxy) is 2. The second-order valence-electron chi connectivity index (χ2n) is 6.50. The Kier molecular flexibility index (Phi) is 5.40. The SMILES string of the molecule is COc1cc(OC)cc(N(CCO)c2ccc3nnc(-c4cnn(C)c4)nc3n2)c1. The molecule has 0 bridgehead atoms. The highest BCUT2D eigenvalue weighted by atomic mass is 16.5. The molecule has 4 aromatic rings. The lowest BCUT2D eigenvalue weighted by molar-refractivity contribution is 0.305. The van der Waals surface area contributed by atoms with Gasteiger partial charge in [-0.25, -0.2) is 9.97 Å². The van der Waals surface area contributed by atoms with Crippen LogP contribution in [0, 0.1) is 0 Å². The molecule has 3 heterocycles. The summed E-state index contributed by atoms with van der Waals surface area (Å²) in [6, 6.07) is 9.09. The van der Waals surface area contributed by atoms with E-state index in [1.165, 1.54) is 0 Å². The van der Waals surface area contributed by atoms with Crippen LogP contribution in [-0.4, -0.2) is 62.4 Å². The van der Waals surface area contributed by atoms with Crippen molar-refractivity contribution in [2.45, 2.75) is 0 Å². The van der Waals surface area contributed by atoms with Crippen molar-refractivity contribution < 1.29 is 14.6 Å². The summed E-state index contributed by atoms with van der Waals surface area (Å²) < 4.78 is 12.4. The van der Waals surface area contributed by atoms with Gasteiger partial charge in [0.15, 0.2) is 11.5 Å². The van der Waals surface area contributed by atoms with Crippen molar-refractivity contribution in [3.05, 3.63) is 42.7 Å². The Labute approximate surface area is 172 Å². The molecule has 1 aromatic carbocycles. The Balaban J connectivity index is 1.78. The second kappa shape index (κ2) is 8.29. The fraction of sp³-hybridized carbons (Fsp3) is 0.250. The standard InChI is InChI=1S/C20H21N7O3/c1-26-12-13(11-21-26)19-23-20-17(24-25-19)4-5-18(22-20)27(6-7-28)14-8-15(29-2)10-16(9-14)30-3/h4-5,8-12,28H,6-7H2,1-3H3. The molecule has 0 atom stereocenters. The average Bonchev–Trinajstić information content (AvgIpc) is 3.22. The van der Waals surface area contributed by atoms with Gasteiger partial charge >= 0.3 is 0 Å². The summed E-state index contributed by atoms with van der Waals surface area (Å²) in [4.78, 5) is 11.1. The zero-order valence-electron chi connectivity index (χ0n) is 16.8. The van der Waals surface area contributed by atoms with Crippen LogP contribution in [0.25, 0.3) is 22.6 Å². The van der Waals surface area contributed by atoms with Crippen LogP contribution in [0.3, 0.4) is 0 Å². The maximum absolute atomic E-state index is 9.64. The van der Waals surface area contributed by atoms with Gasteiger partial charge in [0.2, 0.25) is 0 Å². The number of aliphatic hydroxyl groups excluding tert-OH is 1. The van der Waals surface area contributed by atoms with Gasteiger partial charge in [-0.2, -0.15) is 5.10 Å². The Morgan fingerprint density at radius 3 is 2.43 bits per heavy atom. The van der Waals surface area contributed by atoms with Gasteiger partial charge in [-0.3, -0.25) is 4.68 Å². The van der Waals surface area contributed by atoms with Gasteiger partial charge in [-0.05, 0) is 12.1 Å². The molecule has 154 valence electrons. The van der Waals surface area contributed by atoms with Crippen molar-refractivity contribution >= 4 is 22.7 Å². The van der Waals surface area contributed by atoms with E-state index in [1.807, 2.05) is 36.3 Å². The minimum Gasteiger partial charge on any atom is -0.497 e. The van der Waals surface area contributed by atoms with Crippen LogP contribution in [0.5, 0.6) is 11.5 Å². The van der Waals surface area contributed by atoms with E-state index < -0.39 is 0 Å². The molecule has 0 unspecified atom stereocenters. The summed E-state index contributed by atoms with van der Waals surface area (Å²) in [5, 5.41) is 22.2. The monoisotopic (exact) mass is 407 g/mol. The molecule has 0 spiro atoms. The van der Waals surface area contributed by atoms with Crippen molar-refractivity contribution in [2.75, 3.05) is 32.3 Å². The quantitative estimate of drug-likeness (QED) is 0.491. The van der Waals surface area contributed by atoms with Gasteiger partial charge in [0.05, 0.1) is 32.6 Å². The number of methoxy groups -OCH3 is 2. The Hall–Kier alpha value is -3.79. The van der Waals surface area contributed by atoms with Crippen LogP contribution >= 0.6 is 0 Å². The molecule has 0 aliphatic rings. The highest BCUT2D eigenvalue weighted by Crippen LogP contribution is 2.32. The predicted octanol–water partition coefficient (Wildman–Crippen LogP) is 1.97. The van der Waals surface area contributed by atoms with Crippen molar-refractivity contribution in [3.63, 3.8) is 0 Å². The lowest BCUT2D eigenvalue weighted by Gasteiger charge is -2.24. The Bertz CT molecular complexity index is 1160. The number of benzene rings is 1. The van der Waals surface area contributed by atoms with Crippen LogP contribution in [0.4, 0.5) is 11.5 Å². The molecule has 1 N–H and O–H groups in total. The molecule has 0 amide bonds. The summed E-state index contributed by atoms with van der Waals surface area (Å²) in [6.45, 7) is 0.255. The number of anilines is 2. The molecule has 0 aliphatic carbocycles. The molecule has 0 fully saturated rings. The number of rotatable bonds is 7. The fourth-order valence-corrected chi connectivity index (χ4v) is 3.05. The smallest absolute Gasteiger partial charge is 0.187 e. The molecular formula is C20H21N7O3. The molecule has 0 saturated carbocycles. The Morgan fingerprint density at radius 1 is 1.03 bits per heavy atom. The van der Waals surface area contributed by atoms with Gasteiger partial charge in [0.1, 0.15) is 22.8 Å². The van der Waals surface area contributed by atoms with E-state index >= 15 is 0 Å². The first-order chi connectivity index (χ1) is 14.6. The number of aromatic nitrogens is 6. The predicted molar refractivity (Wildman–Crippen MR) is 111 cm³/mol. The Morgan fingerprint density at radius 2 is 1.80 bits per heavy atom. The topological polar surface area (TPSA) is 111 Å². The van der Waals surface area contributed by atoms with Gasteiger partial charge in [0, 0.05) is 43.7 Å². The van der Waals surface area contributed by atoms with Crippen LogP contribution in [-0.2, 0) is 7.05 Å². The summed E-state index contributed by atoms with van der Waals surface area (Å²) >= 11 is 0. The highest BCUT2D eigenvalue weighted by Gasteiger charge is 2.15. The molecule has 30 heavy (non-hydrogen) atoms. The maximum Gasteiger partial charge on any atom is 0.187 e. The first-order valence-electron chi connectivity index (χ1n) is 9.23. The van der Waals surface area contributed by atoms with Crippen LogP contribution in [0.1, 0.15) is 0 Å². The van der Waals surface area contributed by atoms with E-state index in [9.17, 15) is 5.11 Å². The molecule has 10 heteroatoms. The molecule has 0 radical (unpaired) electrons. The van der Waals surface area contributed by atoms with Crippen molar-refractivity contribution in [2.24, 2.45) is 7.05 Å². The van der Waals surface area contributed by atoms with Crippen molar-refractivity contribution in [1.82, 2.24) is 29.9 Å². The molecule has 0 aliphatic heterocycles. The number of hydrogen-bond donors (Lipinski definition) is 1. The van der Waals surface area contributed by atoms with E-state index in [0.29, 0.717) is 40.8 Å². The van der Waals surface area contributed by atoms with E-state index in [1.54, 1.807) is 37.2 Å². The van der Waals surface area contributed by atoms with Crippen molar-refractivity contribution in [1.29, 1.82) is 0 Å². The zero-order valence-corrected chi connectivity index (χ0v) is 16.8. The lowest BCUT2D eigenvalue weighted by Crippen LogP contribution is -2.22. The normalized spacial score (nSPS) is 10.9. The van der Waals surface area contributed by atoms with Gasteiger partial charge < -0.3 is 19.5 Å². The van der Waals surface area contributed by atoms with Crippen LogP contribution in [0.15, 0.2) is 42.7 Å². The first-order valence-corrected chi connectivity index (χ1v) is 9.23.